The van der Waals surface area contributed by atoms with E-state index in [-0.39, 0.29) is 22.0 Å². The van der Waals surface area contributed by atoms with Crippen molar-refractivity contribution in [2.24, 2.45) is 5.92 Å². The van der Waals surface area contributed by atoms with Crippen LogP contribution >= 0.6 is 0 Å². The molecule has 1 unspecified atom stereocenters. The Labute approximate surface area is 259 Å². The molecule has 1 fully saturated rings. The molecule has 0 radical (unpaired) electrons. The third-order valence-electron chi connectivity index (χ3n) is 7.64. The van der Waals surface area contributed by atoms with Gasteiger partial charge < -0.3 is 14.7 Å². The van der Waals surface area contributed by atoms with Gasteiger partial charge in [0.2, 0.25) is 10.0 Å². The van der Waals surface area contributed by atoms with Crippen molar-refractivity contribution in [3.63, 3.8) is 0 Å². The fourth-order valence-corrected chi connectivity index (χ4v) is 8.27. The number of fused-ring (bicyclic) bond motifs is 1. The maximum absolute atomic E-state index is 13.7. The summed E-state index contributed by atoms with van der Waals surface area (Å²) >= 11 is 0. The van der Waals surface area contributed by atoms with Crippen LogP contribution in [0.2, 0.25) is 0 Å². The number of aliphatic carboxylic acids is 1. The molecule has 0 aromatic heterocycles. The smallest absolute Gasteiger partial charge is 0.481 e. The van der Waals surface area contributed by atoms with E-state index in [9.17, 15) is 39.9 Å². The Hall–Kier alpha value is -3.66. The van der Waals surface area contributed by atoms with Crippen LogP contribution in [0.15, 0.2) is 76.5 Å². The Morgan fingerprint density at radius 3 is 1.98 bits per heavy atom. The molecular weight excluding hydrogens is 637 g/mol. The van der Waals surface area contributed by atoms with Crippen LogP contribution in [-0.2, 0) is 37.8 Å². The van der Waals surface area contributed by atoms with E-state index in [1.807, 2.05) is 11.8 Å². The lowest BCUT2D eigenvalue weighted by atomic mass is 10.1. The van der Waals surface area contributed by atoms with Gasteiger partial charge in [0, 0.05) is 30.9 Å². The van der Waals surface area contributed by atoms with Crippen molar-refractivity contribution in [1.82, 2.24) is 4.31 Å². The summed E-state index contributed by atoms with van der Waals surface area (Å²) in [5.41, 5.74) is 2.93. The molecule has 2 aliphatic rings. The van der Waals surface area contributed by atoms with Crippen LogP contribution in [0.25, 0.3) is 0 Å². The Morgan fingerprint density at radius 1 is 0.889 bits per heavy atom. The molecule has 0 spiro atoms. The number of nitrogens with zero attached hydrogens (tertiary/aromatic N) is 2. The van der Waals surface area contributed by atoms with E-state index in [2.05, 4.69) is 4.74 Å². The van der Waals surface area contributed by atoms with Gasteiger partial charge in [-0.25, -0.2) is 8.42 Å². The largest absolute Gasteiger partial charge is 0.573 e. The third kappa shape index (κ3) is 8.14. The third-order valence-corrected chi connectivity index (χ3v) is 10.7. The summed E-state index contributed by atoms with van der Waals surface area (Å²) in [6.07, 6.45) is -4.29. The quantitative estimate of drug-likeness (QED) is 0.350. The van der Waals surface area contributed by atoms with E-state index in [1.165, 1.54) is 46.8 Å². The number of sulfonamides is 1. The van der Waals surface area contributed by atoms with Gasteiger partial charge in [-0.05, 0) is 87.2 Å². The number of carboxylic acids is 1. The number of halogens is 3. The summed E-state index contributed by atoms with van der Waals surface area (Å²) < 4.78 is 99.6. The first-order valence-corrected chi connectivity index (χ1v) is 16.8. The van der Waals surface area contributed by atoms with Crippen LogP contribution in [0.3, 0.4) is 0 Å². The average molecular weight is 671 g/mol. The highest BCUT2D eigenvalue weighted by molar-refractivity contribution is 7.89. The molecule has 1 heterocycles. The van der Waals surface area contributed by atoms with Crippen molar-refractivity contribution >= 4 is 31.8 Å². The lowest BCUT2D eigenvalue weighted by Crippen LogP contribution is -2.58. The number of ether oxygens (including phenoxy) is 1. The van der Waals surface area contributed by atoms with Crippen LogP contribution in [0.5, 0.6) is 5.75 Å². The van der Waals surface area contributed by atoms with Gasteiger partial charge in [-0.3, -0.25) is 9.35 Å². The first-order chi connectivity index (χ1) is 20.9. The van der Waals surface area contributed by atoms with Gasteiger partial charge in [-0.1, -0.05) is 29.8 Å². The first kappa shape index (κ1) is 34.2. The van der Waals surface area contributed by atoms with Gasteiger partial charge in [0.25, 0.3) is 10.1 Å². The second-order valence-electron chi connectivity index (χ2n) is 11.1. The van der Waals surface area contributed by atoms with Gasteiger partial charge in [0.15, 0.2) is 0 Å². The van der Waals surface area contributed by atoms with Crippen LogP contribution in [0.1, 0.15) is 30.5 Å². The summed E-state index contributed by atoms with van der Waals surface area (Å²) in [5.74, 6) is -1.90. The predicted octanol–water partition coefficient (Wildman–Crippen LogP) is 4.91. The zero-order valence-corrected chi connectivity index (χ0v) is 26.2. The molecule has 1 aliphatic heterocycles. The van der Waals surface area contributed by atoms with Crippen molar-refractivity contribution in [2.75, 3.05) is 18.0 Å². The van der Waals surface area contributed by atoms with Gasteiger partial charge in [-0.15, -0.1) is 13.2 Å². The van der Waals surface area contributed by atoms with E-state index in [4.69, 9.17) is 4.55 Å². The lowest BCUT2D eigenvalue weighted by molar-refractivity contribution is -0.274. The van der Waals surface area contributed by atoms with Crippen molar-refractivity contribution < 1.29 is 49.2 Å². The molecular formula is C30H33F3N2O8S2. The highest BCUT2D eigenvalue weighted by Gasteiger charge is 2.41. The molecule has 0 amide bonds. The number of benzene rings is 3. The SMILES string of the molecule is C[C@@H]1CN(c2ccc(OC(F)(F)F)cc2)C[C@H](C)N1S(=O)(=O)c1cccc2c1CC(C(=O)O)C2.Cc1ccc(S(=O)(=O)O)cc1. The van der Waals surface area contributed by atoms with Gasteiger partial charge >= 0.3 is 12.3 Å². The molecule has 244 valence electrons. The second-order valence-corrected chi connectivity index (χ2v) is 14.3. The summed E-state index contributed by atoms with van der Waals surface area (Å²) in [7, 11) is -7.92. The van der Waals surface area contributed by atoms with Crippen LogP contribution < -0.4 is 9.64 Å². The number of rotatable bonds is 6. The van der Waals surface area contributed by atoms with E-state index in [1.54, 1.807) is 38.1 Å². The topological polar surface area (TPSA) is 142 Å². The monoisotopic (exact) mass is 670 g/mol. The highest BCUT2D eigenvalue weighted by atomic mass is 32.2. The van der Waals surface area contributed by atoms with E-state index < -0.39 is 50.5 Å². The fourth-order valence-electron chi connectivity index (χ4n) is 5.71. The molecule has 10 nitrogen and oxygen atoms in total. The molecule has 3 atom stereocenters. The standard InChI is InChI=1S/C23H25F3N2O5S.C7H8O3S/c1-14-12-27(18-6-8-19(9-7-18)33-23(24,25)26)13-15(2)28(14)34(31,32)21-5-3-4-16-10-17(22(29)30)11-20(16)21;1-6-2-4-7(5-3-6)11(8,9)10/h3-9,14-15,17H,10-13H2,1-2H3,(H,29,30);2-5H,1H3,(H,8,9,10)/t14-,15+,17?;. The maximum atomic E-state index is 13.7. The van der Waals surface area contributed by atoms with Crippen molar-refractivity contribution in [1.29, 1.82) is 0 Å². The number of piperazine rings is 1. The molecule has 15 heteroatoms. The Morgan fingerprint density at radius 2 is 1.47 bits per heavy atom. The number of anilines is 1. The van der Waals surface area contributed by atoms with Gasteiger partial charge in [-0.2, -0.15) is 12.7 Å². The molecule has 1 aliphatic carbocycles. The van der Waals surface area contributed by atoms with Crippen LogP contribution in [0.4, 0.5) is 18.9 Å². The number of aryl methyl sites for hydroxylation is 1. The van der Waals surface area contributed by atoms with Crippen LogP contribution in [0, 0.1) is 12.8 Å². The molecule has 0 bridgehead atoms. The lowest BCUT2D eigenvalue weighted by Gasteiger charge is -2.44. The van der Waals surface area contributed by atoms with Crippen LogP contribution in [-0.4, -0.2) is 68.3 Å². The van der Waals surface area contributed by atoms with E-state index in [0.29, 0.717) is 30.8 Å². The minimum absolute atomic E-state index is 0.0666. The predicted molar refractivity (Wildman–Crippen MR) is 159 cm³/mol. The minimum atomic E-state index is -4.77. The van der Waals surface area contributed by atoms with Crippen molar-refractivity contribution in [2.45, 2.75) is 61.8 Å². The summed E-state index contributed by atoms with van der Waals surface area (Å²) in [6, 6.07) is 15.6. The van der Waals surface area contributed by atoms with Gasteiger partial charge in [0.1, 0.15) is 5.75 Å². The molecule has 45 heavy (non-hydrogen) atoms. The Bertz CT molecular complexity index is 1740. The fraction of sp³-hybridized carbons (Fsp3) is 0.367. The zero-order chi connectivity index (χ0) is 33.3. The summed E-state index contributed by atoms with van der Waals surface area (Å²) in [5, 5.41) is 9.39. The zero-order valence-electron chi connectivity index (χ0n) is 24.6. The normalized spacial score (nSPS) is 20.6. The Balaban J connectivity index is 0.000000354. The van der Waals surface area contributed by atoms with Gasteiger partial charge in [0.05, 0.1) is 15.7 Å². The minimum Gasteiger partial charge on any atom is -0.481 e. The molecule has 2 N–H and O–H groups in total. The summed E-state index contributed by atoms with van der Waals surface area (Å²) in [6.45, 7) is 6.09. The van der Waals surface area contributed by atoms with Crippen molar-refractivity contribution in [3.05, 3.63) is 83.4 Å². The highest BCUT2D eigenvalue weighted by Crippen LogP contribution is 2.36. The molecule has 5 rings (SSSR count). The number of carbonyl (C=O) groups is 1. The molecule has 3 aromatic carbocycles. The number of alkyl halides is 3. The first-order valence-electron chi connectivity index (χ1n) is 13.9. The molecule has 0 saturated carbocycles. The number of hydrogen-bond donors (Lipinski definition) is 2. The molecule has 3 aromatic rings. The second kappa shape index (κ2) is 13.0. The number of hydrogen-bond acceptors (Lipinski definition) is 7. The van der Waals surface area contributed by atoms with E-state index in [0.717, 1.165) is 11.1 Å². The maximum Gasteiger partial charge on any atom is 0.573 e. The van der Waals surface area contributed by atoms with E-state index >= 15 is 0 Å². The Kier molecular flexibility index (Phi) is 9.87. The summed E-state index contributed by atoms with van der Waals surface area (Å²) in [4.78, 5) is 13.5. The molecule has 1 saturated heterocycles. The average Bonchev–Trinajstić information content (AvgIpc) is 3.37. The number of carboxylic acid groups (broad SMARTS) is 1. The van der Waals surface area contributed by atoms with Crippen molar-refractivity contribution in [3.8, 4) is 5.75 Å².